The molecule has 0 radical (unpaired) electrons. The van der Waals surface area contributed by atoms with E-state index >= 15 is 0 Å². The molecular weight excluding hydrogens is 367 g/mol. The third kappa shape index (κ3) is 2.21. The number of thiophene rings is 1. The highest BCUT2D eigenvalue weighted by Gasteiger charge is 2.21. The summed E-state index contributed by atoms with van der Waals surface area (Å²) in [5.74, 6) is -0.299. The Hall–Kier alpha value is -1.53. The SMILES string of the molecule is O=c1c2c3c(sc2ncn1Cc1ccc(F)cc1Br)CCC3. The molecule has 0 bridgehead atoms. The second kappa shape index (κ2) is 5.28. The zero-order valence-electron chi connectivity index (χ0n) is 11.6. The molecule has 4 rings (SSSR count). The van der Waals surface area contributed by atoms with Crippen molar-refractivity contribution in [2.75, 3.05) is 0 Å². The van der Waals surface area contributed by atoms with Crippen molar-refractivity contribution in [1.29, 1.82) is 0 Å². The molecule has 0 amide bonds. The number of fused-ring (bicyclic) bond motifs is 3. The Bertz CT molecular complexity index is 947. The molecule has 0 fully saturated rings. The normalized spacial score (nSPS) is 13.7. The van der Waals surface area contributed by atoms with Crippen LogP contribution in [0.3, 0.4) is 0 Å². The van der Waals surface area contributed by atoms with Crippen molar-refractivity contribution < 1.29 is 4.39 Å². The Morgan fingerprint density at radius 1 is 1.36 bits per heavy atom. The van der Waals surface area contributed by atoms with Crippen molar-refractivity contribution in [3.05, 3.63) is 61.2 Å². The first kappa shape index (κ1) is 14.1. The van der Waals surface area contributed by atoms with Crippen LogP contribution in [-0.4, -0.2) is 9.55 Å². The van der Waals surface area contributed by atoms with Crippen LogP contribution in [-0.2, 0) is 19.4 Å². The van der Waals surface area contributed by atoms with Crippen LogP contribution in [0.2, 0.25) is 0 Å². The number of nitrogens with zero attached hydrogens (tertiary/aromatic N) is 2. The summed E-state index contributed by atoms with van der Waals surface area (Å²) >= 11 is 4.98. The zero-order chi connectivity index (χ0) is 15.3. The van der Waals surface area contributed by atoms with Gasteiger partial charge in [0.05, 0.1) is 18.3 Å². The Labute approximate surface area is 138 Å². The standard InChI is InChI=1S/C16H12BrFN2OS/c17-12-6-10(18)5-4-9(12)7-20-8-19-15-14(16(20)21)11-2-1-3-13(11)22-15/h4-6,8H,1-3,7H2. The van der Waals surface area contributed by atoms with E-state index in [1.807, 2.05) is 0 Å². The van der Waals surface area contributed by atoms with E-state index in [0.29, 0.717) is 11.0 Å². The van der Waals surface area contributed by atoms with Crippen LogP contribution in [0.1, 0.15) is 22.4 Å². The summed E-state index contributed by atoms with van der Waals surface area (Å²) in [5, 5.41) is 0.776. The summed E-state index contributed by atoms with van der Waals surface area (Å²) in [6.07, 6.45) is 4.73. The van der Waals surface area contributed by atoms with Crippen LogP contribution < -0.4 is 5.56 Å². The maximum atomic E-state index is 13.2. The number of rotatable bonds is 2. The lowest BCUT2D eigenvalue weighted by atomic mass is 10.2. The molecule has 0 spiro atoms. The second-order valence-electron chi connectivity index (χ2n) is 5.45. The van der Waals surface area contributed by atoms with Crippen molar-refractivity contribution in [2.45, 2.75) is 25.8 Å². The summed E-state index contributed by atoms with van der Waals surface area (Å²) in [5.41, 5.74) is 2.04. The molecule has 0 N–H and O–H groups in total. The van der Waals surface area contributed by atoms with E-state index in [9.17, 15) is 9.18 Å². The minimum absolute atomic E-state index is 0.000579. The predicted octanol–water partition coefficient (Wildman–Crippen LogP) is 3.90. The van der Waals surface area contributed by atoms with Gasteiger partial charge in [-0.2, -0.15) is 0 Å². The van der Waals surface area contributed by atoms with Crippen LogP contribution in [0.15, 0.2) is 33.8 Å². The summed E-state index contributed by atoms with van der Waals surface area (Å²) in [4.78, 5) is 19.4. The number of hydrogen-bond acceptors (Lipinski definition) is 3. The van der Waals surface area contributed by atoms with Gasteiger partial charge >= 0.3 is 0 Å². The Balaban J connectivity index is 1.82. The molecule has 112 valence electrons. The van der Waals surface area contributed by atoms with E-state index in [0.717, 1.165) is 35.0 Å². The number of hydrogen-bond donors (Lipinski definition) is 0. The molecule has 0 saturated carbocycles. The zero-order valence-corrected chi connectivity index (χ0v) is 14.0. The minimum Gasteiger partial charge on any atom is -0.294 e. The molecule has 3 nitrogen and oxygen atoms in total. The van der Waals surface area contributed by atoms with E-state index in [2.05, 4.69) is 20.9 Å². The van der Waals surface area contributed by atoms with Crippen LogP contribution in [0.25, 0.3) is 10.2 Å². The molecule has 0 unspecified atom stereocenters. The predicted molar refractivity (Wildman–Crippen MR) is 89.1 cm³/mol. The first-order valence-corrected chi connectivity index (χ1v) is 8.68. The molecule has 1 aliphatic carbocycles. The van der Waals surface area contributed by atoms with Crippen molar-refractivity contribution >= 4 is 37.5 Å². The van der Waals surface area contributed by atoms with E-state index in [4.69, 9.17) is 0 Å². The van der Waals surface area contributed by atoms with Crippen LogP contribution in [0.4, 0.5) is 4.39 Å². The van der Waals surface area contributed by atoms with E-state index in [1.165, 1.54) is 22.6 Å². The van der Waals surface area contributed by atoms with Gasteiger partial charge in [0.2, 0.25) is 0 Å². The number of halogens is 2. The summed E-state index contributed by atoms with van der Waals surface area (Å²) in [7, 11) is 0. The number of benzene rings is 1. The Morgan fingerprint density at radius 2 is 2.23 bits per heavy atom. The molecule has 22 heavy (non-hydrogen) atoms. The molecule has 1 aliphatic rings. The fraction of sp³-hybridized carbons (Fsp3) is 0.250. The number of aromatic nitrogens is 2. The lowest BCUT2D eigenvalue weighted by molar-refractivity contribution is 0.624. The van der Waals surface area contributed by atoms with Gasteiger partial charge in [0.1, 0.15) is 10.6 Å². The minimum atomic E-state index is -0.299. The third-order valence-electron chi connectivity index (χ3n) is 4.05. The van der Waals surface area contributed by atoms with Gasteiger partial charge in [-0.3, -0.25) is 9.36 Å². The van der Waals surface area contributed by atoms with Crippen molar-refractivity contribution in [2.24, 2.45) is 0 Å². The summed E-state index contributed by atoms with van der Waals surface area (Å²) in [6.45, 7) is 0.382. The van der Waals surface area contributed by atoms with E-state index in [1.54, 1.807) is 28.3 Å². The molecule has 2 heterocycles. The highest BCUT2D eigenvalue weighted by molar-refractivity contribution is 9.10. The highest BCUT2D eigenvalue weighted by Crippen LogP contribution is 2.34. The average Bonchev–Trinajstić information content (AvgIpc) is 3.04. The molecular formula is C16H12BrFN2OS. The quantitative estimate of drug-likeness (QED) is 0.677. The highest BCUT2D eigenvalue weighted by atomic mass is 79.9. The molecule has 0 atom stereocenters. The fourth-order valence-corrected chi connectivity index (χ4v) is 4.66. The van der Waals surface area contributed by atoms with Gasteiger partial charge in [-0.15, -0.1) is 11.3 Å². The van der Waals surface area contributed by atoms with E-state index < -0.39 is 0 Å². The monoisotopic (exact) mass is 378 g/mol. The molecule has 1 aromatic carbocycles. The third-order valence-corrected chi connectivity index (χ3v) is 5.99. The van der Waals surface area contributed by atoms with Gasteiger partial charge < -0.3 is 0 Å². The van der Waals surface area contributed by atoms with Crippen molar-refractivity contribution in [3.63, 3.8) is 0 Å². The Morgan fingerprint density at radius 3 is 3.05 bits per heavy atom. The maximum absolute atomic E-state index is 13.2. The van der Waals surface area contributed by atoms with Gasteiger partial charge in [-0.25, -0.2) is 9.37 Å². The number of aryl methyl sites for hydroxylation is 2. The van der Waals surface area contributed by atoms with Crippen LogP contribution in [0.5, 0.6) is 0 Å². The molecule has 6 heteroatoms. The van der Waals surface area contributed by atoms with Gasteiger partial charge in [0.25, 0.3) is 5.56 Å². The van der Waals surface area contributed by atoms with Crippen molar-refractivity contribution in [3.8, 4) is 0 Å². The molecule has 0 aliphatic heterocycles. The molecule has 2 aromatic heterocycles. The van der Waals surface area contributed by atoms with Crippen LogP contribution >= 0.6 is 27.3 Å². The second-order valence-corrected chi connectivity index (χ2v) is 7.39. The fourth-order valence-electron chi connectivity index (χ4n) is 2.97. The van der Waals surface area contributed by atoms with Gasteiger partial charge in [-0.05, 0) is 42.5 Å². The van der Waals surface area contributed by atoms with Gasteiger partial charge in [0, 0.05) is 9.35 Å². The summed E-state index contributed by atoms with van der Waals surface area (Å²) in [6, 6.07) is 4.50. The topological polar surface area (TPSA) is 34.9 Å². The van der Waals surface area contributed by atoms with Crippen molar-refractivity contribution in [1.82, 2.24) is 9.55 Å². The van der Waals surface area contributed by atoms with Gasteiger partial charge in [-0.1, -0.05) is 22.0 Å². The van der Waals surface area contributed by atoms with Crippen LogP contribution in [0, 0.1) is 5.82 Å². The lowest BCUT2D eigenvalue weighted by Gasteiger charge is -2.08. The first-order chi connectivity index (χ1) is 10.6. The van der Waals surface area contributed by atoms with Gasteiger partial charge in [0.15, 0.2) is 0 Å². The molecule has 3 aromatic rings. The first-order valence-electron chi connectivity index (χ1n) is 7.07. The smallest absolute Gasteiger partial charge is 0.262 e. The largest absolute Gasteiger partial charge is 0.294 e. The Kier molecular flexibility index (Phi) is 3.38. The average molecular weight is 379 g/mol. The maximum Gasteiger partial charge on any atom is 0.262 e. The van der Waals surface area contributed by atoms with E-state index in [-0.39, 0.29) is 11.4 Å². The summed E-state index contributed by atoms with van der Waals surface area (Å²) < 4.78 is 15.4. The lowest BCUT2D eigenvalue weighted by Crippen LogP contribution is -2.21. The molecule has 0 saturated heterocycles.